The lowest BCUT2D eigenvalue weighted by Gasteiger charge is -2.50. The molecule has 10 heteroatoms. The highest BCUT2D eigenvalue weighted by atomic mass is 32.2. The molecule has 3 aliphatic rings. The summed E-state index contributed by atoms with van der Waals surface area (Å²) >= 11 is 0. The monoisotopic (exact) mass is 458 g/mol. The summed E-state index contributed by atoms with van der Waals surface area (Å²) in [6.07, 6.45) is 5.52. The zero-order valence-corrected chi connectivity index (χ0v) is 19.0. The summed E-state index contributed by atoms with van der Waals surface area (Å²) in [5.74, 6) is 1.51. The van der Waals surface area contributed by atoms with Gasteiger partial charge in [-0.05, 0) is 90.9 Å². The van der Waals surface area contributed by atoms with Gasteiger partial charge in [0.2, 0.25) is 0 Å². The second-order valence-corrected chi connectivity index (χ2v) is 11.5. The van der Waals surface area contributed by atoms with Crippen LogP contribution in [0.15, 0.2) is 12.1 Å². The van der Waals surface area contributed by atoms with Gasteiger partial charge < -0.3 is 4.18 Å². The third-order valence-electron chi connectivity index (χ3n) is 7.66. The maximum Gasteiger partial charge on any atom is 0.380 e. The number of nitrogens with two attached hydrogens (primary N) is 2. The molecule has 4 rings (SSSR count). The molecule has 2 saturated carbocycles. The van der Waals surface area contributed by atoms with E-state index in [-0.39, 0.29) is 11.5 Å². The van der Waals surface area contributed by atoms with E-state index in [4.69, 9.17) is 18.6 Å². The lowest BCUT2D eigenvalue weighted by molar-refractivity contribution is -0.00803. The number of fused-ring (bicyclic) bond motifs is 5. The van der Waals surface area contributed by atoms with Crippen LogP contribution in [0.3, 0.4) is 0 Å². The summed E-state index contributed by atoms with van der Waals surface area (Å²) in [7, 11) is -8.05. The molecule has 2 fully saturated rings. The summed E-state index contributed by atoms with van der Waals surface area (Å²) < 4.78 is 56.3. The summed E-state index contributed by atoms with van der Waals surface area (Å²) in [6.45, 7) is 4.11. The lowest BCUT2D eigenvalue weighted by Crippen LogP contribution is -2.45. The molecule has 8 nitrogen and oxygen atoms in total. The highest BCUT2D eigenvalue weighted by molar-refractivity contribution is 7.84. The first-order valence-electron chi connectivity index (χ1n) is 10.5. The molecule has 5 atom stereocenters. The Morgan fingerprint density at radius 3 is 2.43 bits per heavy atom. The Morgan fingerprint density at radius 2 is 1.80 bits per heavy atom. The molecular formula is C20H30N2O6S2. The fraction of sp³-hybridized carbons (Fsp3) is 0.700. The predicted molar refractivity (Wildman–Crippen MR) is 112 cm³/mol. The molecule has 168 valence electrons. The van der Waals surface area contributed by atoms with Gasteiger partial charge >= 0.3 is 20.6 Å². The highest BCUT2D eigenvalue weighted by Crippen LogP contribution is 2.61. The van der Waals surface area contributed by atoms with Crippen LogP contribution in [-0.4, -0.2) is 22.9 Å². The van der Waals surface area contributed by atoms with Crippen LogP contribution in [0, 0.1) is 17.3 Å². The Kier molecular flexibility index (Phi) is 5.46. The third-order valence-corrected chi connectivity index (χ3v) is 8.57. The van der Waals surface area contributed by atoms with Gasteiger partial charge in [-0.2, -0.15) is 22.0 Å². The molecule has 0 spiro atoms. The van der Waals surface area contributed by atoms with Crippen molar-refractivity contribution in [2.24, 2.45) is 27.5 Å². The van der Waals surface area contributed by atoms with Gasteiger partial charge in [-0.25, -0.2) is 5.14 Å². The molecule has 1 aromatic carbocycles. The first-order chi connectivity index (χ1) is 13.9. The van der Waals surface area contributed by atoms with E-state index < -0.39 is 20.6 Å². The lowest BCUT2D eigenvalue weighted by atomic mass is 9.55. The van der Waals surface area contributed by atoms with Crippen molar-refractivity contribution in [1.82, 2.24) is 0 Å². The van der Waals surface area contributed by atoms with Gasteiger partial charge in [0, 0.05) is 0 Å². The zero-order valence-electron chi connectivity index (χ0n) is 17.3. The summed E-state index contributed by atoms with van der Waals surface area (Å²) in [5.41, 5.74) is 3.02. The van der Waals surface area contributed by atoms with Gasteiger partial charge in [0.1, 0.15) is 5.75 Å². The van der Waals surface area contributed by atoms with Crippen molar-refractivity contribution in [3.05, 3.63) is 28.8 Å². The topological polar surface area (TPSA) is 139 Å². The number of hydrogen-bond acceptors (Lipinski definition) is 6. The molecule has 0 bridgehead atoms. The number of hydrogen-bond donors (Lipinski definition) is 2. The average Bonchev–Trinajstić information content (AvgIpc) is 2.94. The van der Waals surface area contributed by atoms with Gasteiger partial charge in [0.05, 0.1) is 6.10 Å². The van der Waals surface area contributed by atoms with Gasteiger partial charge in [-0.1, -0.05) is 19.9 Å². The largest absolute Gasteiger partial charge is 0.380 e. The minimum Gasteiger partial charge on any atom is -0.371 e. The van der Waals surface area contributed by atoms with Crippen molar-refractivity contribution in [2.45, 2.75) is 70.8 Å². The van der Waals surface area contributed by atoms with Gasteiger partial charge in [0.25, 0.3) is 0 Å². The molecule has 1 aromatic rings. The molecular weight excluding hydrogens is 428 g/mol. The van der Waals surface area contributed by atoms with Crippen molar-refractivity contribution in [2.75, 3.05) is 0 Å². The van der Waals surface area contributed by atoms with Crippen LogP contribution < -0.4 is 14.5 Å². The summed E-state index contributed by atoms with van der Waals surface area (Å²) in [5, 5.41) is 10.3. The van der Waals surface area contributed by atoms with Gasteiger partial charge in [-0.3, -0.25) is 4.18 Å². The Bertz CT molecular complexity index is 1060. The maximum absolute atomic E-state index is 11.5. The van der Waals surface area contributed by atoms with Crippen molar-refractivity contribution in [3.63, 3.8) is 0 Å². The van der Waals surface area contributed by atoms with Crippen molar-refractivity contribution in [3.8, 4) is 5.75 Å². The molecule has 3 aliphatic carbocycles. The van der Waals surface area contributed by atoms with E-state index in [0.717, 1.165) is 43.2 Å². The second-order valence-electron chi connectivity index (χ2n) is 9.20. The molecule has 0 aromatic heterocycles. The zero-order chi connectivity index (χ0) is 21.9. The van der Waals surface area contributed by atoms with Crippen molar-refractivity contribution >= 4 is 20.6 Å². The maximum atomic E-state index is 11.5. The molecule has 0 aliphatic heterocycles. The van der Waals surface area contributed by atoms with Crippen LogP contribution in [-0.2, 0) is 37.6 Å². The molecule has 0 heterocycles. The first-order valence-corrected chi connectivity index (χ1v) is 13.4. The molecule has 0 radical (unpaired) electrons. The van der Waals surface area contributed by atoms with Crippen molar-refractivity contribution in [1.29, 1.82) is 0 Å². The summed E-state index contributed by atoms with van der Waals surface area (Å²) in [6, 6.07) is 3.92. The van der Waals surface area contributed by atoms with E-state index >= 15 is 0 Å². The van der Waals surface area contributed by atoms with Crippen LogP contribution in [0.1, 0.15) is 68.6 Å². The molecule has 0 amide bonds. The number of rotatable bonds is 5. The van der Waals surface area contributed by atoms with Crippen LogP contribution in [0.4, 0.5) is 0 Å². The average molecular weight is 459 g/mol. The minimum atomic E-state index is -4.07. The Morgan fingerprint density at radius 1 is 1.07 bits per heavy atom. The van der Waals surface area contributed by atoms with Crippen LogP contribution in [0.2, 0.25) is 0 Å². The van der Waals surface area contributed by atoms with E-state index in [9.17, 15) is 16.8 Å². The Hall–Kier alpha value is -1.20. The molecule has 4 unspecified atom stereocenters. The van der Waals surface area contributed by atoms with E-state index in [1.165, 1.54) is 5.56 Å². The second kappa shape index (κ2) is 7.44. The van der Waals surface area contributed by atoms with Crippen molar-refractivity contribution < 1.29 is 25.2 Å². The smallest absolute Gasteiger partial charge is 0.371 e. The van der Waals surface area contributed by atoms with E-state index in [1.807, 2.05) is 13.0 Å². The summed E-state index contributed by atoms with van der Waals surface area (Å²) in [4.78, 5) is 0. The minimum absolute atomic E-state index is 0.199. The molecule has 0 saturated heterocycles. The third kappa shape index (κ3) is 4.00. The van der Waals surface area contributed by atoms with Crippen LogP contribution in [0.25, 0.3) is 0 Å². The standard InChI is InChI=1S/C20H30N2O6S2/c1-3-12-10-16-13(11-18(12)27-29(21,23)24)4-5-15-14(16)8-9-20(2)17(15)6-7-19(20)28-30(22,25)26/h10-11,14-15,17,19H,3-9H2,1-2H3,(H2,21,23,24)(H2,22,25,26)/t14?,15?,17?,19?,20-/m0/s1. The Labute approximate surface area is 178 Å². The normalized spacial score (nSPS) is 33.5. The van der Waals surface area contributed by atoms with Crippen LogP contribution >= 0.6 is 0 Å². The van der Waals surface area contributed by atoms with Gasteiger partial charge in [0.15, 0.2) is 0 Å². The Balaban J connectivity index is 1.65. The van der Waals surface area contributed by atoms with Gasteiger partial charge in [-0.15, -0.1) is 0 Å². The van der Waals surface area contributed by atoms with E-state index in [1.54, 1.807) is 0 Å². The van der Waals surface area contributed by atoms with Crippen LogP contribution in [0.5, 0.6) is 5.75 Å². The SMILES string of the molecule is CCc1cc2c(cc1OS(N)(=O)=O)CCC1C2CC[C@]2(C)C(OS(N)(=O)=O)CCC12. The van der Waals surface area contributed by atoms with E-state index in [0.29, 0.717) is 36.3 Å². The number of benzene rings is 1. The fourth-order valence-corrected chi connectivity index (χ4v) is 7.44. The van der Waals surface area contributed by atoms with E-state index in [2.05, 4.69) is 13.0 Å². The molecule has 30 heavy (non-hydrogen) atoms. The first kappa shape index (κ1) is 22.0. The quantitative estimate of drug-likeness (QED) is 0.694. The molecule has 4 N–H and O–H groups in total. The highest BCUT2D eigenvalue weighted by Gasteiger charge is 2.56. The predicted octanol–water partition coefficient (Wildman–Crippen LogP) is 2.28. The fourth-order valence-electron chi connectivity index (χ4n) is 6.40. The number of aryl methyl sites for hydroxylation is 2.